The molecule has 2 rings (SSSR count). The molecule has 0 unspecified atom stereocenters. The molecule has 20 heavy (non-hydrogen) atoms. The quantitative estimate of drug-likeness (QED) is 0.879. The number of hydrogen-bond acceptors (Lipinski definition) is 3. The normalized spacial score (nSPS) is 12.3. The van der Waals surface area contributed by atoms with E-state index < -0.39 is 17.9 Å². The minimum Gasteiger partial charge on any atom is -0.480 e. The molecule has 0 aliphatic heterocycles. The molecule has 1 amide bonds. The van der Waals surface area contributed by atoms with Crippen LogP contribution in [0.15, 0.2) is 28.7 Å². The minimum absolute atomic E-state index is 0.132. The second kappa shape index (κ2) is 5.77. The van der Waals surface area contributed by atoms with Crippen molar-refractivity contribution in [2.24, 2.45) is 0 Å². The first-order valence-corrected chi connectivity index (χ1v) is 6.55. The lowest BCUT2D eigenvalue weighted by Gasteiger charge is -2.11. The number of aliphatic carboxylic acids is 1. The third-order valence-corrected chi connectivity index (χ3v) is 3.08. The van der Waals surface area contributed by atoms with Gasteiger partial charge in [-0.2, -0.15) is 0 Å². The van der Waals surface area contributed by atoms with Crippen LogP contribution in [0.5, 0.6) is 0 Å². The van der Waals surface area contributed by atoms with Gasteiger partial charge < -0.3 is 14.8 Å². The smallest absolute Gasteiger partial charge is 0.326 e. The predicted octanol–water partition coefficient (Wildman–Crippen LogP) is 2.72. The highest BCUT2D eigenvalue weighted by Crippen LogP contribution is 2.20. The molecule has 5 nitrogen and oxygen atoms in total. The highest BCUT2D eigenvalue weighted by Gasteiger charge is 2.21. The Balaban J connectivity index is 2.20. The van der Waals surface area contributed by atoms with Crippen molar-refractivity contribution >= 4 is 22.8 Å². The molecule has 0 fully saturated rings. The van der Waals surface area contributed by atoms with Crippen molar-refractivity contribution in [3.8, 4) is 0 Å². The summed E-state index contributed by atoms with van der Waals surface area (Å²) in [5, 5.41) is 12.3. The third kappa shape index (κ3) is 2.99. The van der Waals surface area contributed by atoms with Crippen LogP contribution in [0, 0.1) is 6.92 Å². The number of carboxylic acid groups (broad SMARTS) is 1. The average Bonchev–Trinajstić information content (AvgIpc) is 2.80. The maximum absolute atomic E-state index is 12.0. The Morgan fingerprint density at radius 3 is 2.75 bits per heavy atom. The van der Waals surface area contributed by atoms with Gasteiger partial charge in [-0.25, -0.2) is 4.79 Å². The number of aryl methyl sites for hydroxylation is 1. The zero-order chi connectivity index (χ0) is 14.7. The van der Waals surface area contributed by atoms with E-state index in [0.29, 0.717) is 18.4 Å². The Morgan fingerprint density at radius 2 is 2.10 bits per heavy atom. The molecule has 2 aromatic rings. The lowest BCUT2D eigenvalue weighted by Crippen LogP contribution is -2.40. The van der Waals surface area contributed by atoms with E-state index in [1.807, 2.05) is 26.0 Å². The first-order chi connectivity index (χ1) is 9.51. The van der Waals surface area contributed by atoms with Gasteiger partial charge in [-0.05, 0) is 31.5 Å². The van der Waals surface area contributed by atoms with Crippen molar-refractivity contribution in [1.82, 2.24) is 5.32 Å². The number of benzene rings is 1. The lowest BCUT2D eigenvalue weighted by atomic mass is 10.1. The largest absolute Gasteiger partial charge is 0.480 e. The highest BCUT2D eigenvalue weighted by molar-refractivity contribution is 5.98. The minimum atomic E-state index is -1.04. The number of carbonyl (C=O) groups excluding carboxylic acids is 1. The molecular formula is C15H17NO4. The monoisotopic (exact) mass is 275 g/mol. The molecule has 0 spiro atoms. The summed E-state index contributed by atoms with van der Waals surface area (Å²) < 4.78 is 5.44. The Bertz CT molecular complexity index is 644. The van der Waals surface area contributed by atoms with Crippen LogP contribution in [-0.2, 0) is 4.79 Å². The van der Waals surface area contributed by atoms with E-state index in [0.717, 1.165) is 10.9 Å². The lowest BCUT2D eigenvalue weighted by molar-refractivity contribution is -0.139. The summed E-state index contributed by atoms with van der Waals surface area (Å²) in [6, 6.07) is 6.34. The summed E-state index contributed by atoms with van der Waals surface area (Å²) in [6.07, 6.45) is 1.07. The van der Waals surface area contributed by atoms with E-state index >= 15 is 0 Å². The fourth-order valence-electron chi connectivity index (χ4n) is 2.05. The molecule has 0 radical (unpaired) electrons. The van der Waals surface area contributed by atoms with Crippen LogP contribution in [0.4, 0.5) is 0 Å². The van der Waals surface area contributed by atoms with Crippen LogP contribution >= 0.6 is 0 Å². The van der Waals surface area contributed by atoms with Crippen molar-refractivity contribution in [2.45, 2.75) is 32.7 Å². The Morgan fingerprint density at radius 1 is 1.35 bits per heavy atom. The van der Waals surface area contributed by atoms with Crippen molar-refractivity contribution in [2.75, 3.05) is 0 Å². The molecule has 0 aliphatic rings. The molecule has 0 saturated heterocycles. The molecule has 2 N–H and O–H groups in total. The maximum Gasteiger partial charge on any atom is 0.326 e. The predicted molar refractivity (Wildman–Crippen MR) is 74.7 cm³/mol. The zero-order valence-electron chi connectivity index (χ0n) is 11.5. The van der Waals surface area contributed by atoms with E-state index in [-0.39, 0.29) is 5.76 Å². The standard InChI is InChI=1S/C15H17NO4/c1-3-4-11(15(18)19)16-14(17)13-8-10-7-9(2)5-6-12(10)20-13/h5-8,11H,3-4H2,1-2H3,(H,16,17)(H,18,19)/t11-/m0/s1. The molecule has 5 heteroatoms. The first kappa shape index (κ1) is 14.1. The summed E-state index contributed by atoms with van der Waals surface area (Å²) in [4.78, 5) is 23.0. The van der Waals surface area contributed by atoms with Gasteiger partial charge in [0.1, 0.15) is 11.6 Å². The molecule has 1 atom stereocenters. The first-order valence-electron chi connectivity index (χ1n) is 6.55. The Hall–Kier alpha value is -2.30. The molecule has 0 saturated carbocycles. The summed E-state index contributed by atoms with van der Waals surface area (Å²) in [5.74, 6) is -1.40. The summed E-state index contributed by atoms with van der Waals surface area (Å²) in [7, 11) is 0. The van der Waals surface area contributed by atoms with E-state index in [9.17, 15) is 9.59 Å². The SMILES string of the molecule is CCC[C@H](NC(=O)c1cc2cc(C)ccc2o1)C(=O)O. The van der Waals surface area contributed by atoms with Crippen LogP contribution in [0.25, 0.3) is 11.0 Å². The second-order valence-electron chi connectivity index (χ2n) is 4.80. The van der Waals surface area contributed by atoms with Gasteiger partial charge in [0.05, 0.1) is 0 Å². The fraction of sp³-hybridized carbons (Fsp3) is 0.333. The Labute approximate surface area is 116 Å². The molecule has 1 aromatic heterocycles. The third-order valence-electron chi connectivity index (χ3n) is 3.08. The molecule has 0 aliphatic carbocycles. The molecular weight excluding hydrogens is 258 g/mol. The summed E-state index contributed by atoms with van der Waals surface area (Å²) in [6.45, 7) is 3.82. The van der Waals surface area contributed by atoms with Gasteiger partial charge in [0.25, 0.3) is 5.91 Å². The van der Waals surface area contributed by atoms with Crippen molar-refractivity contribution in [3.63, 3.8) is 0 Å². The summed E-state index contributed by atoms with van der Waals surface area (Å²) in [5.41, 5.74) is 1.68. The van der Waals surface area contributed by atoms with Crippen LogP contribution in [0.2, 0.25) is 0 Å². The summed E-state index contributed by atoms with van der Waals surface area (Å²) >= 11 is 0. The van der Waals surface area contributed by atoms with Crippen molar-refractivity contribution in [1.29, 1.82) is 0 Å². The van der Waals surface area contributed by atoms with Crippen LogP contribution < -0.4 is 5.32 Å². The number of nitrogens with one attached hydrogen (secondary N) is 1. The molecule has 0 bridgehead atoms. The maximum atomic E-state index is 12.0. The zero-order valence-corrected chi connectivity index (χ0v) is 11.5. The van der Waals surface area contributed by atoms with Crippen LogP contribution in [-0.4, -0.2) is 23.0 Å². The fourth-order valence-corrected chi connectivity index (χ4v) is 2.05. The van der Waals surface area contributed by atoms with Gasteiger partial charge in [0.15, 0.2) is 5.76 Å². The highest BCUT2D eigenvalue weighted by atomic mass is 16.4. The second-order valence-corrected chi connectivity index (χ2v) is 4.80. The number of amides is 1. The molecule has 1 aromatic carbocycles. The number of hydrogen-bond donors (Lipinski definition) is 2. The van der Waals surface area contributed by atoms with E-state index in [4.69, 9.17) is 9.52 Å². The number of rotatable bonds is 5. The number of carboxylic acids is 1. The van der Waals surface area contributed by atoms with E-state index in [2.05, 4.69) is 5.32 Å². The van der Waals surface area contributed by atoms with Crippen molar-refractivity contribution < 1.29 is 19.1 Å². The molecule has 1 heterocycles. The number of furan rings is 1. The number of carbonyl (C=O) groups is 2. The average molecular weight is 275 g/mol. The topological polar surface area (TPSA) is 79.5 Å². The van der Waals surface area contributed by atoms with Gasteiger partial charge >= 0.3 is 5.97 Å². The van der Waals surface area contributed by atoms with Gasteiger partial charge in [-0.1, -0.05) is 25.0 Å². The van der Waals surface area contributed by atoms with E-state index in [1.165, 1.54) is 0 Å². The Kier molecular flexibility index (Phi) is 4.08. The molecule has 106 valence electrons. The van der Waals surface area contributed by atoms with Crippen LogP contribution in [0.3, 0.4) is 0 Å². The van der Waals surface area contributed by atoms with Gasteiger partial charge in [-0.3, -0.25) is 4.79 Å². The van der Waals surface area contributed by atoms with Crippen LogP contribution in [0.1, 0.15) is 35.9 Å². The number of fused-ring (bicyclic) bond motifs is 1. The van der Waals surface area contributed by atoms with Gasteiger partial charge in [-0.15, -0.1) is 0 Å². The van der Waals surface area contributed by atoms with Gasteiger partial charge in [0.2, 0.25) is 0 Å². The van der Waals surface area contributed by atoms with Gasteiger partial charge in [0, 0.05) is 5.39 Å². The van der Waals surface area contributed by atoms with Crippen molar-refractivity contribution in [3.05, 3.63) is 35.6 Å². The van der Waals surface area contributed by atoms with E-state index in [1.54, 1.807) is 12.1 Å².